The number of rotatable bonds is 3. The number of halogens is 2. The summed E-state index contributed by atoms with van der Waals surface area (Å²) in [4.78, 5) is 0. The van der Waals surface area contributed by atoms with Gasteiger partial charge in [0.15, 0.2) is 0 Å². The first kappa shape index (κ1) is 14.7. The molecule has 1 aromatic heterocycles. The number of ether oxygens (including phenoxy) is 1. The predicted octanol–water partition coefficient (Wildman–Crippen LogP) is 4.07. The summed E-state index contributed by atoms with van der Waals surface area (Å²) in [5.41, 5.74) is 3.06. The van der Waals surface area contributed by atoms with Crippen molar-refractivity contribution >= 4 is 29.0 Å². The Balaban J connectivity index is 2.13. The zero-order valence-electron chi connectivity index (χ0n) is 11.8. The van der Waals surface area contributed by atoms with Gasteiger partial charge in [-0.05, 0) is 37.5 Å². The second kappa shape index (κ2) is 6.26. The van der Waals surface area contributed by atoms with E-state index in [2.05, 4.69) is 10.4 Å². The molecule has 4 nitrogen and oxygen atoms in total. The number of hydrogen-bond donors (Lipinski definition) is 1. The molecule has 1 aromatic carbocycles. The highest BCUT2D eigenvalue weighted by atomic mass is 35.5. The third-order valence-corrected chi connectivity index (χ3v) is 4.02. The minimum atomic E-state index is 0.505. The van der Waals surface area contributed by atoms with E-state index in [0.717, 1.165) is 43.0 Å². The number of aromatic nitrogens is 2. The quantitative estimate of drug-likeness (QED) is 0.924. The molecule has 0 saturated heterocycles. The van der Waals surface area contributed by atoms with E-state index in [0.29, 0.717) is 16.7 Å². The van der Waals surface area contributed by atoms with Gasteiger partial charge in [0.1, 0.15) is 5.82 Å². The van der Waals surface area contributed by atoms with Crippen LogP contribution in [0.3, 0.4) is 0 Å². The Morgan fingerprint density at radius 1 is 1.24 bits per heavy atom. The van der Waals surface area contributed by atoms with Crippen molar-refractivity contribution in [1.29, 1.82) is 0 Å². The first-order chi connectivity index (χ1) is 10.2. The smallest absolute Gasteiger partial charge is 0.133 e. The van der Waals surface area contributed by atoms with Gasteiger partial charge in [-0.15, -0.1) is 0 Å². The molecule has 0 unspecified atom stereocenters. The van der Waals surface area contributed by atoms with Crippen molar-refractivity contribution in [2.24, 2.45) is 0 Å². The van der Waals surface area contributed by atoms with Gasteiger partial charge in [0.2, 0.25) is 0 Å². The summed E-state index contributed by atoms with van der Waals surface area (Å²) >= 11 is 12.2. The van der Waals surface area contributed by atoms with Gasteiger partial charge in [0.05, 0.1) is 18.0 Å². The summed E-state index contributed by atoms with van der Waals surface area (Å²) in [6.45, 7) is 1.45. The molecular formula is C15H17Cl2N3O. The molecule has 0 radical (unpaired) electrons. The number of hydrogen-bond acceptors (Lipinski definition) is 3. The topological polar surface area (TPSA) is 39.1 Å². The summed E-state index contributed by atoms with van der Waals surface area (Å²) in [7, 11) is 1.69. The number of benzene rings is 1. The van der Waals surface area contributed by atoms with Crippen LogP contribution >= 0.6 is 23.2 Å². The molecule has 1 N–H and O–H groups in total. The predicted molar refractivity (Wildman–Crippen MR) is 85.7 cm³/mol. The molecular weight excluding hydrogens is 309 g/mol. The molecule has 0 saturated carbocycles. The zero-order valence-corrected chi connectivity index (χ0v) is 13.3. The third-order valence-electron chi connectivity index (χ3n) is 3.59. The van der Waals surface area contributed by atoms with E-state index in [1.807, 2.05) is 16.8 Å². The molecule has 2 aromatic rings. The highest BCUT2D eigenvalue weighted by molar-refractivity contribution is 6.34. The number of fused-ring (bicyclic) bond motifs is 1. The van der Waals surface area contributed by atoms with Crippen LogP contribution in [0.15, 0.2) is 18.2 Å². The molecule has 0 spiro atoms. The highest BCUT2D eigenvalue weighted by Crippen LogP contribution is 2.30. The van der Waals surface area contributed by atoms with Crippen LogP contribution in [-0.2, 0) is 17.8 Å². The number of anilines is 1. The lowest BCUT2D eigenvalue weighted by atomic mass is 10.1. The summed E-state index contributed by atoms with van der Waals surface area (Å²) in [6, 6.07) is 5.45. The van der Waals surface area contributed by atoms with E-state index in [4.69, 9.17) is 27.9 Å². The Bertz CT molecular complexity index is 634. The van der Waals surface area contributed by atoms with Crippen LogP contribution in [0.1, 0.15) is 24.1 Å². The van der Waals surface area contributed by atoms with E-state index >= 15 is 0 Å². The molecule has 0 bridgehead atoms. The van der Waals surface area contributed by atoms with Crippen molar-refractivity contribution in [3.63, 3.8) is 0 Å². The van der Waals surface area contributed by atoms with Gasteiger partial charge >= 0.3 is 0 Å². The minimum absolute atomic E-state index is 0.505. The summed E-state index contributed by atoms with van der Waals surface area (Å²) in [5.74, 6) is 1.03. The second-order valence-corrected chi connectivity index (χ2v) is 6.00. The fraction of sp³-hybridized carbons (Fsp3) is 0.400. The molecule has 0 atom stereocenters. The van der Waals surface area contributed by atoms with Crippen molar-refractivity contribution in [1.82, 2.24) is 9.78 Å². The standard InChI is InChI=1S/C15H17Cl2N3O/c1-21-9-14-13-4-2-3-5-18-15(13)20(19-14)12-7-10(16)6-11(17)8-12/h6-8,18H,2-5,9H2,1H3. The fourth-order valence-corrected chi connectivity index (χ4v) is 3.19. The Morgan fingerprint density at radius 2 is 2.00 bits per heavy atom. The van der Waals surface area contributed by atoms with Gasteiger partial charge in [-0.2, -0.15) is 5.10 Å². The van der Waals surface area contributed by atoms with Gasteiger partial charge < -0.3 is 10.1 Å². The maximum absolute atomic E-state index is 6.11. The van der Waals surface area contributed by atoms with Crippen LogP contribution in [0.2, 0.25) is 10.0 Å². The summed E-state index contributed by atoms with van der Waals surface area (Å²) < 4.78 is 7.16. The first-order valence-electron chi connectivity index (χ1n) is 6.99. The van der Waals surface area contributed by atoms with Crippen molar-refractivity contribution < 1.29 is 4.74 Å². The summed E-state index contributed by atoms with van der Waals surface area (Å²) in [5, 5.41) is 9.36. The van der Waals surface area contributed by atoms with Crippen molar-refractivity contribution in [3.8, 4) is 5.69 Å². The van der Waals surface area contributed by atoms with Crippen LogP contribution in [-0.4, -0.2) is 23.4 Å². The molecule has 2 heterocycles. The van der Waals surface area contributed by atoms with E-state index < -0.39 is 0 Å². The average Bonchev–Trinajstić information content (AvgIpc) is 2.62. The van der Waals surface area contributed by atoms with E-state index in [-0.39, 0.29) is 0 Å². The van der Waals surface area contributed by atoms with Gasteiger partial charge in [-0.25, -0.2) is 4.68 Å². The van der Waals surface area contributed by atoms with Crippen molar-refractivity contribution in [2.75, 3.05) is 19.0 Å². The maximum atomic E-state index is 6.11. The molecule has 112 valence electrons. The van der Waals surface area contributed by atoms with E-state index in [1.54, 1.807) is 13.2 Å². The molecule has 6 heteroatoms. The summed E-state index contributed by atoms with van der Waals surface area (Å²) in [6.07, 6.45) is 3.31. The Morgan fingerprint density at radius 3 is 2.71 bits per heavy atom. The molecule has 0 amide bonds. The lowest BCUT2D eigenvalue weighted by Gasteiger charge is -2.10. The van der Waals surface area contributed by atoms with Gasteiger partial charge in [-0.1, -0.05) is 23.2 Å². The van der Waals surface area contributed by atoms with E-state index in [1.165, 1.54) is 5.56 Å². The van der Waals surface area contributed by atoms with Gasteiger partial charge in [-0.3, -0.25) is 0 Å². The molecule has 0 fully saturated rings. The lowest BCUT2D eigenvalue weighted by molar-refractivity contribution is 0.180. The lowest BCUT2D eigenvalue weighted by Crippen LogP contribution is -2.07. The van der Waals surface area contributed by atoms with Crippen LogP contribution < -0.4 is 5.32 Å². The molecule has 1 aliphatic heterocycles. The van der Waals surface area contributed by atoms with Crippen LogP contribution in [0, 0.1) is 0 Å². The fourth-order valence-electron chi connectivity index (χ4n) is 2.67. The number of nitrogens with zero attached hydrogens (tertiary/aromatic N) is 2. The van der Waals surface area contributed by atoms with Crippen LogP contribution in [0.5, 0.6) is 0 Å². The van der Waals surface area contributed by atoms with Crippen LogP contribution in [0.4, 0.5) is 5.82 Å². The number of methoxy groups -OCH3 is 1. The molecule has 3 rings (SSSR count). The van der Waals surface area contributed by atoms with E-state index in [9.17, 15) is 0 Å². The minimum Gasteiger partial charge on any atom is -0.378 e. The monoisotopic (exact) mass is 325 g/mol. The van der Waals surface area contributed by atoms with Crippen molar-refractivity contribution in [3.05, 3.63) is 39.5 Å². The normalized spacial score (nSPS) is 14.4. The molecule has 1 aliphatic rings. The zero-order chi connectivity index (χ0) is 14.8. The van der Waals surface area contributed by atoms with Crippen LogP contribution in [0.25, 0.3) is 5.69 Å². The van der Waals surface area contributed by atoms with Gasteiger partial charge in [0, 0.05) is 29.3 Å². The Labute approximate surface area is 134 Å². The maximum Gasteiger partial charge on any atom is 0.133 e. The van der Waals surface area contributed by atoms with Gasteiger partial charge in [0.25, 0.3) is 0 Å². The Kier molecular flexibility index (Phi) is 4.38. The third kappa shape index (κ3) is 3.03. The average molecular weight is 326 g/mol. The second-order valence-electron chi connectivity index (χ2n) is 5.13. The first-order valence-corrected chi connectivity index (χ1v) is 7.74. The highest BCUT2D eigenvalue weighted by Gasteiger charge is 2.20. The van der Waals surface area contributed by atoms with Crippen molar-refractivity contribution in [2.45, 2.75) is 25.9 Å². The molecule has 0 aliphatic carbocycles. The molecule has 21 heavy (non-hydrogen) atoms. The largest absolute Gasteiger partial charge is 0.378 e. The Hall–Kier alpha value is -1.23. The number of nitrogens with one attached hydrogen (secondary N) is 1. The SMILES string of the molecule is COCc1nn(-c2cc(Cl)cc(Cl)c2)c2c1CCCCN2.